The lowest BCUT2D eigenvalue weighted by atomic mass is 10.1. The zero-order chi connectivity index (χ0) is 10.7. The van der Waals surface area contributed by atoms with Crippen LogP contribution in [0.25, 0.3) is 0 Å². The second kappa shape index (κ2) is 3.78. The Labute approximate surface area is 79.9 Å². The van der Waals surface area contributed by atoms with Gasteiger partial charge in [-0.2, -0.15) is 0 Å². The van der Waals surface area contributed by atoms with Crippen LogP contribution < -0.4 is 0 Å². The summed E-state index contributed by atoms with van der Waals surface area (Å²) in [6.45, 7) is 1.46. The first-order valence-corrected chi connectivity index (χ1v) is 3.81. The van der Waals surface area contributed by atoms with E-state index in [1.54, 1.807) is 0 Å². The Hall–Kier alpha value is -2.04. The van der Waals surface area contributed by atoms with Gasteiger partial charge in [0, 0.05) is 5.56 Å². The minimum atomic E-state index is -1.10. The van der Waals surface area contributed by atoms with Crippen LogP contribution in [0.2, 0.25) is 0 Å². The van der Waals surface area contributed by atoms with Crippen molar-refractivity contribution in [2.75, 3.05) is 0 Å². The van der Waals surface area contributed by atoms with Crippen LogP contribution in [0.5, 0.6) is 5.75 Å². The van der Waals surface area contributed by atoms with Gasteiger partial charge < -0.3 is 15.4 Å². The van der Waals surface area contributed by atoms with Crippen LogP contribution in [-0.4, -0.2) is 27.1 Å². The molecule has 1 rings (SSSR count). The maximum absolute atomic E-state index is 10.6. The Morgan fingerprint density at radius 2 is 2.07 bits per heavy atom. The van der Waals surface area contributed by atoms with E-state index in [2.05, 4.69) is 5.16 Å². The minimum Gasteiger partial charge on any atom is -0.507 e. The van der Waals surface area contributed by atoms with E-state index in [1.807, 2.05) is 0 Å². The molecule has 0 saturated carbocycles. The van der Waals surface area contributed by atoms with Gasteiger partial charge in [0.2, 0.25) is 0 Å². The number of phenols is 1. The predicted molar refractivity (Wildman–Crippen MR) is 49.1 cm³/mol. The van der Waals surface area contributed by atoms with E-state index in [0.717, 1.165) is 0 Å². The monoisotopic (exact) mass is 195 g/mol. The smallest absolute Gasteiger partial charge is 0.335 e. The molecule has 74 valence electrons. The Bertz CT molecular complexity index is 398. The van der Waals surface area contributed by atoms with Crippen molar-refractivity contribution in [1.29, 1.82) is 0 Å². The summed E-state index contributed by atoms with van der Waals surface area (Å²) in [5, 5.41) is 29.4. The van der Waals surface area contributed by atoms with Gasteiger partial charge in [-0.05, 0) is 25.1 Å². The molecule has 0 aliphatic rings. The van der Waals surface area contributed by atoms with Gasteiger partial charge >= 0.3 is 5.97 Å². The van der Waals surface area contributed by atoms with Gasteiger partial charge in [0.1, 0.15) is 5.75 Å². The number of carbonyl (C=O) groups is 1. The minimum absolute atomic E-state index is 0.0285. The van der Waals surface area contributed by atoms with Gasteiger partial charge in [-0.25, -0.2) is 4.79 Å². The van der Waals surface area contributed by atoms with Crippen molar-refractivity contribution in [2.24, 2.45) is 5.16 Å². The highest BCUT2D eigenvalue weighted by Gasteiger charge is 2.09. The van der Waals surface area contributed by atoms with Crippen molar-refractivity contribution in [3.05, 3.63) is 29.3 Å². The third-order valence-electron chi connectivity index (χ3n) is 1.78. The lowest BCUT2D eigenvalue weighted by Crippen LogP contribution is -2.01. The zero-order valence-electron chi connectivity index (χ0n) is 7.43. The van der Waals surface area contributed by atoms with Gasteiger partial charge in [0.25, 0.3) is 0 Å². The highest BCUT2D eigenvalue weighted by Crippen LogP contribution is 2.19. The van der Waals surface area contributed by atoms with E-state index in [9.17, 15) is 9.90 Å². The summed E-state index contributed by atoms with van der Waals surface area (Å²) in [5.41, 5.74) is 0.388. The fraction of sp³-hybridized carbons (Fsp3) is 0.111. The Morgan fingerprint density at radius 1 is 1.43 bits per heavy atom. The zero-order valence-corrected chi connectivity index (χ0v) is 7.43. The normalized spacial score (nSPS) is 11.4. The van der Waals surface area contributed by atoms with E-state index < -0.39 is 5.97 Å². The first-order valence-electron chi connectivity index (χ1n) is 3.81. The molecule has 0 bridgehead atoms. The molecule has 5 nitrogen and oxygen atoms in total. The molecule has 0 spiro atoms. The number of phenolic OH excluding ortho intramolecular Hbond substituents is 1. The molecule has 1 aromatic carbocycles. The molecule has 0 aliphatic carbocycles. The molecule has 0 aromatic heterocycles. The lowest BCUT2D eigenvalue weighted by Gasteiger charge is -2.03. The highest BCUT2D eigenvalue weighted by molar-refractivity contribution is 6.02. The molecule has 0 aliphatic heterocycles. The van der Waals surface area contributed by atoms with Crippen LogP contribution in [0.3, 0.4) is 0 Å². The average Bonchev–Trinajstić information content (AvgIpc) is 2.17. The van der Waals surface area contributed by atoms with Crippen LogP contribution in [0.4, 0.5) is 0 Å². The van der Waals surface area contributed by atoms with E-state index in [4.69, 9.17) is 10.3 Å². The molecule has 0 atom stereocenters. The molecular weight excluding hydrogens is 186 g/mol. The van der Waals surface area contributed by atoms with Gasteiger partial charge in [0.15, 0.2) is 0 Å². The summed E-state index contributed by atoms with van der Waals surface area (Å²) in [4.78, 5) is 10.6. The van der Waals surface area contributed by atoms with Crippen molar-refractivity contribution in [1.82, 2.24) is 0 Å². The lowest BCUT2D eigenvalue weighted by molar-refractivity contribution is 0.0697. The number of carboxylic acids is 1. The Morgan fingerprint density at radius 3 is 2.57 bits per heavy atom. The fourth-order valence-electron chi connectivity index (χ4n) is 1.01. The molecule has 14 heavy (non-hydrogen) atoms. The summed E-state index contributed by atoms with van der Waals surface area (Å²) in [7, 11) is 0. The Balaban J connectivity index is 3.28. The molecule has 1 aromatic rings. The van der Waals surface area contributed by atoms with Gasteiger partial charge in [0.05, 0.1) is 11.3 Å². The number of benzene rings is 1. The molecule has 3 N–H and O–H groups in total. The molecule has 0 heterocycles. The third kappa shape index (κ3) is 1.82. The van der Waals surface area contributed by atoms with E-state index in [-0.39, 0.29) is 22.6 Å². The summed E-state index contributed by atoms with van der Waals surface area (Å²) < 4.78 is 0. The second-order valence-electron chi connectivity index (χ2n) is 2.72. The maximum atomic E-state index is 10.6. The molecule has 0 unspecified atom stereocenters. The van der Waals surface area contributed by atoms with Crippen LogP contribution >= 0.6 is 0 Å². The number of nitrogens with zero attached hydrogens (tertiary/aromatic N) is 1. The molecule has 0 radical (unpaired) electrons. The quantitative estimate of drug-likeness (QED) is 0.376. The van der Waals surface area contributed by atoms with E-state index in [1.165, 1.54) is 25.1 Å². The average molecular weight is 195 g/mol. The van der Waals surface area contributed by atoms with Crippen molar-refractivity contribution in [3.63, 3.8) is 0 Å². The highest BCUT2D eigenvalue weighted by atomic mass is 16.4. The van der Waals surface area contributed by atoms with Crippen molar-refractivity contribution in [2.45, 2.75) is 6.92 Å². The number of oxime groups is 1. The topological polar surface area (TPSA) is 90.1 Å². The molecule has 5 heteroatoms. The molecule has 0 amide bonds. The van der Waals surface area contributed by atoms with Crippen LogP contribution in [0, 0.1) is 0 Å². The summed E-state index contributed by atoms with van der Waals surface area (Å²) in [6.07, 6.45) is 0. The number of aromatic hydroxyl groups is 1. The van der Waals surface area contributed by atoms with Crippen molar-refractivity contribution >= 4 is 11.7 Å². The first-order chi connectivity index (χ1) is 6.56. The second-order valence-corrected chi connectivity index (χ2v) is 2.72. The van der Waals surface area contributed by atoms with Gasteiger partial charge in [-0.3, -0.25) is 0 Å². The fourth-order valence-corrected chi connectivity index (χ4v) is 1.01. The SMILES string of the molecule is CC(=NO)c1cc(C(=O)O)ccc1O. The first kappa shape index (κ1) is 10.0. The standard InChI is InChI=1S/C9H9NO4/c1-5(10-14)7-4-6(9(12)13)2-3-8(7)11/h2-4,11,14H,1H3,(H,12,13). The number of aromatic carboxylic acids is 1. The van der Waals surface area contributed by atoms with E-state index >= 15 is 0 Å². The Kier molecular flexibility index (Phi) is 2.71. The number of hydrogen-bond donors (Lipinski definition) is 3. The van der Waals surface area contributed by atoms with Crippen LogP contribution in [0.1, 0.15) is 22.8 Å². The molecule has 0 fully saturated rings. The molecular formula is C9H9NO4. The number of carboxylic acid groups (broad SMARTS) is 1. The maximum Gasteiger partial charge on any atom is 0.335 e. The predicted octanol–water partition coefficient (Wildman–Crippen LogP) is 1.29. The largest absolute Gasteiger partial charge is 0.507 e. The number of hydrogen-bond acceptors (Lipinski definition) is 4. The van der Waals surface area contributed by atoms with Crippen LogP contribution in [-0.2, 0) is 0 Å². The van der Waals surface area contributed by atoms with Crippen molar-refractivity contribution < 1.29 is 20.2 Å². The summed E-state index contributed by atoms with van der Waals surface area (Å²) >= 11 is 0. The molecule has 0 saturated heterocycles. The third-order valence-corrected chi connectivity index (χ3v) is 1.78. The number of rotatable bonds is 2. The van der Waals surface area contributed by atoms with Crippen LogP contribution in [0.15, 0.2) is 23.4 Å². The van der Waals surface area contributed by atoms with Crippen molar-refractivity contribution in [3.8, 4) is 5.75 Å². The van der Waals surface area contributed by atoms with E-state index in [0.29, 0.717) is 0 Å². The summed E-state index contributed by atoms with van der Waals surface area (Å²) in [5.74, 6) is -1.22. The van der Waals surface area contributed by atoms with Gasteiger partial charge in [-0.1, -0.05) is 5.16 Å². The van der Waals surface area contributed by atoms with Gasteiger partial charge in [-0.15, -0.1) is 0 Å². The summed E-state index contributed by atoms with van der Waals surface area (Å²) in [6, 6.07) is 3.76.